The molecule has 0 unspecified atom stereocenters. The highest BCUT2D eigenvalue weighted by molar-refractivity contribution is 5.95. The number of hydrogen-bond donors (Lipinski definition) is 1. The number of alkyl halides is 3. The summed E-state index contributed by atoms with van der Waals surface area (Å²) < 4.78 is 37.6. The normalized spacial score (nSPS) is 19.2. The average molecular weight is 315 g/mol. The molecule has 1 atom stereocenters. The minimum Gasteiger partial charge on any atom is -0.349 e. The molecule has 1 aromatic rings. The lowest BCUT2D eigenvalue weighted by atomic mass is 10.0. The topological polar surface area (TPSA) is 62.3 Å². The molecule has 0 aliphatic carbocycles. The third-order valence-electron chi connectivity index (χ3n) is 3.62. The minimum atomic E-state index is -4.54. The second-order valence-corrected chi connectivity index (χ2v) is 5.31. The van der Waals surface area contributed by atoms with Gasteiger partial charge in [-0.15, -0.1) is 0 Å². The van der Waals surface area contributed by atoms with Crippen molar-refractivity contribution >= 4 is 11.8 Å². The summed E-state index contributed by atoms with van der Waals surface area (Å²) >= 11 is 0. The quantitative estimate of drug-likeness (QED) is 0.904. The summed E-state index contributed by atoms with van der Waals surface area (Å²) in [6.45, 7) is 1.89. The molecule has 0 bridgehead atoms. The molecule has 8 heteroatoms. The van der Waals surface area contributed by atoms with E-state index in [2.05, 4.69) is 10.3 Å². The minimum absolute atomic E-state index is 0.00609. The predicted octanol–water partition coefficient (Wildman–Crippen LogP) is 1.76. The molecule has 2 rings (SSSR count). The molecule has 1 aliphatic heterocycles. The van der Waals surface area contributed by atoms with Gasteiger partial charge in [0.15, 0.2) is 0 Å². The summed E-state index contributed by atoms with van der Waals surface area (Å²) in [4.78, 5) is 28.7. The maximum absolute atomic E-state index is 12.5. The van der Waals surface area contributed by atoms with E-state index in [1.807, 2.05) is 0 Å². The van der Waals surface area contributed by atoms with Crippen molar-refractivity contribution in [2.75, 3.05) is 13.6 Å². The molecule has 22 heavy (non-hydrogen) atoms. The Labute approximate surface area is 125 Å². The molecule has 1 N–H and O–H groups in total. The molecule has 5 nitrogen and oxygen atoms in total. The number of pyridine rings is 1. The van der Waals surface area contributed by atoms with Crippen LogP contribution in [0.4, 0.5) is 13.2 Å². The summed E-state index contributed by atoms with van der Waals surface area (Å²) in [5, 5.41) is 2.68. The first-order valence-electron chi connectivity index (χ1n) is 6.78. The molecular formula is C14H16F3N3O2. The second kappa shape index (κ2) is 5.94. The van der Waals surface area contributed by atoms with E-state index in [9.17, 15) is 22.8 Å². The van der Waals surface area contributed by atoms with Crippen molar-refractivity contribution in [1.82, 2.24) is 15.2 Å². The summed E-state index contributed by atoms with van der Waals surface area (Å²) in [6.07, 6.45) is -3.74. The standard InChI is InChI=1S/C14H16F3N3O2/c1-8-10(3-4-11(18-8)14(15,16)17)13(22)19-9-5-6-20(2)12(21)7-9/h3-4,9H,5-7H2,1-2H3,(H,19,22)/t9-/m0/s1. The van der Waals surface area contributed by atoms with E-state index in [0.29, 0.717) is 13.0 Å². The monoisotopic (exact) mass is 315 g/mol. The molecule has 1 saturated heterocycles. The lowest BCUT2D eigenvalue weighted by Crippen LogP contribution is -2.46. The third kappa shape index (κ3) is 3.55. The fourth-order valence-electron chi connectivity index (χ4n) is 2.29. The second-order valence-electron chi connectivity index (χ2n) is 5.31. The number of halogens is 3. The van der Waals surface area contributed by atoms with Gasteiger partial charge in [0.1, 0.15) is 5.69 Å². The van der Waals surface area contributed by atoms with E-state index in [-0.39, 0.29) is 29.6 Å². The van der Waals surface area contributed by atoms with Crippen molar-refractivity contribution in [3.8, 4) is 0 Å². The Morgan fingerprint density at radius 1 is 1.41 bits per heavy atom. The molecule has 2 amide bonds. The molecule has 0 saturated carbocycles. The van der Waals surface area contributed by atoms with Crippen LogP contribution in [0.25, 0.3) is 0 Å². The average Bonchev–Trinajstić information content (AvgIpc) is 2.41. The zero-order valence-corrected chi connectivity index (χ0v) is 12.2. The first kappa shape index (κ1) is 16.3. The van der Waals surface area contributed by atoms with Crippen molar-refractivity contribution in [1.29, 1.82) is 0 Å². The highest BCUT2D eigenvalue weighted by Gasteiger charge is 2.33. The van der Waals surface area contributed by atoms with Crippen LogP contribution in [-0.4, -0.2) is 41.3 Å². The molecule has 1 aromatic heterocycles. The molecular weight excluding hydrogens is 299 g/mol. The lowest BCUT2D eigenvalue weighted by Gasteiger charge is -2.29. The van der Waals surface area contributed by atoms with Crippen LogP contribution in [0.1, 0.15) is 34.6 Å². The number of rotatable bonds is 2. The van der Waals surface area contributed by atoms with Gasteiger partial charge in [-0.3, -0.25) is 9.59 Å². The highest BCUT2D eigenvalue weighted by Crippen LogP contribution is 2.28. The van der Waals surface area contributed by atoms with Gasteiger partial charge in [-0.25, -0.2) is 4.98 Å². The molecule has 2 heterocycles. The fraction of sp³-hybridized carbons (Fsp3) is 0.500. The molecule has 0 aromatic carbocycles. The summed E-state index contributed by atoms with van der Waals surface area (Å²) in [5.74, 6) is -0.583. The Balaban J connectivity index is 2.09. The van der Waals surface area contributed by atoms with Crippen LogP contribution >= 0.6 is 0 Å². The zero-order valence-electron chi connectivity index (χ0n) is 12.2. The largest absolute Gasteiger partial charge is 0.433 e. The van der Waals surface area contributed by atoms with E-state index < -0.39 is 17.8 Å². The molecule has 1 fully saturated rings. The van der Waals surface area contributed by atoms with Crippen LogP contribution in [-0.2, 0) is 11.0 Å². The van der Waals surface area contributed by atoms with Gasteiger partial charge in [0.2, 0.25) is 5.91 Å². The number of amides is 2. The van der Waals surface area contributed by atoms with Gasteiger partial charge in [0.05, 0.1) is 11.3 Å². The Morgan fingerprint density at radius 3 is 2.64 bits per heavy atom. The Bertz CT molecular complexity index is 601. The first-order valence-corrected chi connectivity index (χ1v) is 6.78. The number of carbonyl (C=O) groups is 2. The number of piperidine rings is 1. The van der Waals surface area contributed by atoms with E-state index in [4.69, 9.17) is 0 Å². The fourth-order valence-corrected chi connectivity index (χ4v) is 2.29. The molecule has 120 valence electrons. The van der Waals surface area contributed by atoms with Gasteiger partial charge in [0.25, 0.3) is 5.91 Å². The van der Waals surface area contributed by atoms with Crippen LogP contribution < -0.4 is 5.32 Å². The molecule has 1 aliphatic rings. The van der Waals surface area contributed by atoms with Crippen molar-refractivity contribution in [3.63, 3.8) is 0 Å². The Kier molecular flexibility index (Phi) is 4.39. The van der Waals surface area contributed by atoms with Crippen LogP contribution in [0, 0.1) is 6.92 Å². The van der Waals surface area contributed by atoms with Crippen LogP contribution in [0.2, 0.25) is 0 Å². The lowest BCUT2D eigenvalue weighted by molar-refractivity contribution is -0.141. The number of carbonyl (C=O) groups excluding carboxylic acids is 2. The van der Waals surface area contributed by atoms with Gasteiger partial charge in [-0.05, 0) is 25.5 Å². The van der Waals surface area contributed by atoms with Crippen LogP contribution in [0.3, 0.4) is 0 Å². The van der Waals surface area contributed by atoms with E-state index in [0.717, 1.165) is 12.1 Å². The molecule has 0 radical (unpaired) electrons. The Morgan fingerprint density at radius 2 is 2.09 bits per heavy atom. The molecule has 0 spiro atoms. The summed E-state index contributed by atoms with van der Waals surface area (Å²) in [7, 11) is 1.68. The maximum Gasteiger partial charge on any atom is 0.433 e. The number of likely N-dealkylation sites (tertiary alicyclic amines) is 1. The van der Waals surface area contributed by atoms with E-state index >= 15 is 0 Å². The van der Waals surface area contributed by atoms with Gasteiger partial charge in [-0.2, -0.15) is 13.2 Å². The van der Waals surface area contributed by atoms with Gasteiger partial charge < -0.3 is 10.2 Å². The van der Waals surface area contributed by atoms with Gasteiger partial charge in [0, 0.05) is 26.1 Å². The van der Waals surface area contributed by atoms with Crippen LogP contribution in [0.15, 0.2) is 12.1 Å². The summed E-state index contributed by atoms with van der Waals surface area (Å²) in [5.41, 5.74) is -0.943. The maximum atomic E-state index is 12.5. The first-order chi connectivity index (χ1) is 10.2. The third-order valence-corrected chi connectivity index (χ3v) is 3.62. The van der Waals surface area contributed by atoms with E-state index in [1.54, 1.807) is 11.9 Å². The highest BCUT2D eigenvalue weighted by atomic mass is 19.4. The van der Waals surface area contributed by atoms with Crippen molar-refractivity contribution in [3.05, 3.63) is 29.1 Å². The van der Waals surface area contributed by atoms with Gasteiger partial charge in [-0.1, -0.05) is 0 Å². The Hall–Kier alpha value is -2.12. The zero-order chi connectivity index (χ0) is 16.5. The number of aromatic nitrogens is 1. The summed E-state index contributed by atoms with van der Waals surface area (Å²) in [6, 6.07) is 1.58. The van der Waals surface area contributed by atoms with Crippen LogP contribution in [0.5, 0.6) is 0 Å². The van der Waals surface area contributed by atoms with Gasteiger partial charge >= 0.3 is 6.18 Å². The van der Waals surface area contributed by atoms with Crippen molar-refractivity contribution in [2.45, 2.75) is 32.0 Å². The SMILES string of the molecule is Cc1nc(C(F)(F)F)ccc1C(=O)N[C@H]1CCN(C)C(=O)C1. The van der Waals surface area contributed by atoms with E-state index in [1.165, 1.54) is 6.92 Å². The number of nitrogens with zero attached hydrogens (tertiary/aromatic N) is 2. The van der Waals surface area contributed by atoms with Crippen molar-refractivity contribution in [2.24, 2.45) is 0 Å². The number of hydrogen-bond acceptors (Lipinski definition) is 3. The number of aryl methyl sites for hydroxylation is 1. The predicted molar refractivity (Wildman–Crippen MR) is 72.1 cm³/mol. The van der Waals surface area contributed by atoms with Crippen molar-refractivity contribution < 1.29 is 22.8 Å². The smallest absolute Gasteiger partial charge is 0.349 e. The number of nitrogens with one attached hydrogen (secondary N) is 1.